The Hall–Kier alpha value is -3.52. The first-order valence-corrected chi connectivity index (χ1v) is 7.44. The van der Waals surface area contributed by atoms with Crippen LogP contribution in [-0.2, 0) is 0 Å². The Morgan fingerprint density at radius 3 is 2.79 bits per heavy atom. The zero-order valence-corrected chi connectivity index (χ0v) is 12.9. The van der Waals surface area contributed by atoms with Gasteiger partial charge in [0, 0.05) is 29.6 Å². The van der Waals surface area contributed by atoms with Gasteiger partial charge in [0.2, 0.25) is 0 Å². The predicted molar refractivity (Wildman–Crippen MR) is 89.9 cm³/mol. The van der Waals surface area contributed by atoms with E-state index in [4.69, 9.17) is 4.42 Å². The van der Waals surface area contributed by atoms with Gasteiger partial charge in [-0.25, -0.2) is 9.97 Å². The third-order valence-corrected chi connectivity index (χ3v) is 3.78. The number of aromatic nitrogens is 3. The highest BCUT2D eigenvalue weighted by atomic mass is 16.4. The smallest absolute Gasteiger partial charge is 0.191 e. The van der Waals surface area contributed by atoms with Crippen molar-refractivity contribution in [3.05, 3.63) is 66.4 Å². The number of fused-ring (bicyclic) bond motifs is 1. The molecule has 3 aromatic heterocycles. The molecule has 0 spiro atoms. The van der Waals surface area contributed by atoms with Gasteiger partial charge >= 0.3 is 0 Å². The molecular formula is C19H12N4O. The van der Waals surface area contributed by atoms with E-state index < -0.39 is 0 Å². The van der Waals surface area contributed by atoms with E-state index in [1.165, 1.54) is 0 Å². The van der Waals surface area contributed by atoms with Gasteiger partial charge in [-0.15, -0.1) is 0 Å². The molecule has 0 unspecified atom stereocenters. The van der Waals surface area contributed by atoms with E-state index in [-0.39, 0.29) is 0 Å². The summed E-state index contributed by atoms with van der Waals surface area (Å²) in [5.74, 6) is 1.21. The number of hydrogen-bond donors (Lipinski definition) is 0. The van der Waals surface area contributed by atoms with Crippen LogP contribution in [0.1, 0.15) is 11.6 Å². The van der Waals surface area contributed by atoms with E-state index in [0.717, 1.165) is 22.0 Å². The SMILES string of the molecule is Cc1ncc(-c2ccc(C#N)nc2-c2ccc3cccnc3c2)o1. The molecule has 0 aliphatic rings. The first-order chi connectivity index (χ1) is 11.7. The second-order valence-corrected chi connectivity index (χ2v) is 5.36. The highest BCUT2D eigenvalue weighted by Crippen LogP contribution is 2.32. The standard InChI is InChI=1S/C19H12N4O/c1-12-22-11-18(24-12)16-7-6-15(10-20)23-19(16)14-5-4-13-3-2-8-21-17(13)9-14/h2-9,11H,1H3. The molecule has 0 saturated heterocycles. The summed E-state index contributed by atoms with van der Waals surface area (Å²) >= 11 is 0. The van der Waals surface area contributed by atoms with Crippen LogP contribution >= 0.6 is 0 Å². The lowest BCUT2D eigenvalue weighted by atomic mass is 10.0. The highest BCUT2D eigenvalue weighted by molar-refractivity contribution is 5.87. The molecule has 0 aliphatic carbocycles. The van der Waals surface area contributed by atoms with E-state index in [9.17, 15) is 5.26 Å². The van der Waals surface area contributed by atoms with Gasteiger partial charge < -0.3 is 4.42 Å². The van der Waals surface area contributed by atoms with E-state index in [1.54, 1.807) is 25.4 Å². The van der Waals surface area contributed by atoms with Crippen LogP contribution in [0.15, 0.2) is 59.3 Å². The fourth-order valence-corrected chi connectivity index (χ4v) is 2.64. The van der Waals surface area contributed by atoms with E-state index in [0.29, 0.717) is 23.0 Å². The van der Waals surface area contributed by atoms with Crippen LogP contribution in [-0.4, -0.2) is 15.0 Å². The minimum atomic E-state index is 0.353. The van der Waals surface area contributed by atoms with Crippen molar-refractivity contribution in [3.8, 4) is 28.7 Å². The fraction of sp³-hybridized carbons (Fsp3) is 0.0526. The van der Waals surface area contributed by atoms with Gasteiger partial charge in [-0.05, 0) is 24.3 Å². The van der Waals surface area contributed by atoms with Gasteiger partial charge in [0.05, 0.1) is 17.4 Å². The van der Waals surface area contributed by atoms with Gasteiger partial charge in [0.1, 0.15) is 11.8 Å². The molecule has 24 heavy (non-hydrogen) atoms. The third-order valence-electron chi connectivity index (χ3n) is 3.78. The Morgan fingerprint density at radius 1 is 1.08 bits per heavy atom. The maximum absolute atomic E-state index is 9.19. The Kier molecular flexibility index (Phi) is 3.29. The monoisotopic (exact) mass is 312 g/mol. The Balaban J connectivity index is 1.96. The minimum Gasteiger partial charge on any atom is -0.441 e. The van der Waals surface area contributed by atoms with Crippen LogP contribution in [0.4, 0.5) is 0 Å². The van der Waals surface area contributed by atoms with E-state index >= 15 is 0 Å². The highest BCUT2D eigenvalue weighted by Gasteiger charge is 2.14. The largest absolute Gasteiger partial charge is 0.441 e. The summed E-state index contributed by atoms with van der Waals surface area (Å²) in [4.78, 5) is 13.0. The van der Waals surface area contributed by atoms with Gasteiger partial charge in [0.25, 0.3) is 0 Å². The number of pyridine rings is 2. The normalized spacial score (nSPS) is 10.7. The van der Waals surface area contributed by atoms with Gasteiger partial charge in [-0.2, -0.15) is 5.26 Å². The van der Waals surface area contributed by atoms with Crippen molar-refractivity contribution in [2.45, 2.75) is 6.92 Å². The first kappa shape index (κ1) is 14.1. The number of rotatable bonds is 2. The number of benzene rings is 1. The number of oxazole rings is 1. The second-order valence-electron chi connectivity index (χ2n) is 5.36. The molecule has 0 bridgehead atoms. The maximum atomic E-state index is 9.19. The molecule has 0 fully saturated rings. The Morgan fingerprint density at radius 2 is 2.00 bits per heavy atom. The number of aryl methyl sites for hydroxylation is 1. The summed E-state index contributed by atoms with van der Waals surface area (Å²) in [5.41, 5.74) is 3.58. The zero-order chi connectivity index (χ0) is 16.5. The summed E-state index contributed by atoms with van der Waals surface area (Å²) in [6.07, 6.45) is 3.42. The molecule has 4 aromatic rings. The molecule has 0 N–H and O–H groups in total. The third kappa shape index (κ3) is 2.40. The summed E-state index contributed by atoms with van der Waals surface area (Å²) in [6.45, 7) is 1.79. The van der Waals surface area contributed by atoms with Gasteiger partial charge in [-0.3, -0.25) is 4.98 Å². The zero-order valence-electron chi connectivity index (χ0n) is 12.9. The van der Waals surface area contributed by atoms with Crippen molar-refractivity contribution in [1.82, 2.24) is 15.0 Å². The summed E-state index contributed by atoms with van der Waals surface area (Å²) in [7, 11) is 0. The molecule has 5 nitrogen and oxygen atoms in total. The van der Waals surface area contributed by atoms with Crippen molar-refractivity contribution >= 4 is 10.9 Å². The topological polar surface area (TPSA) is 75.6 Å². The quantitative estimate of drug-likeness (QED) is 0.556. The van der Waals surface area contributed by atoms with Crippen molar-refractivity contribution in [2.75, 3.05) is 0 Å². The predicted octanol–water partition coefficient (Wildman–Crippen LogP) is 4.13. The maximum Gasteiger partial charge on any atom is 0.191 e. The van der Waals surface area contributed by atoms with Crippen molar-refractivity contribution in [3.63, 3.8) is 0 Å². The van der Waals surface area contributed by atoms with Crippen molar-refractivity contribution < 1.29 is 4.42 Å². The molecule has 0 atom stereocenters. The van der Waals surface area contributed by atoms with Crippen LogP contribution in [0, 0.1) is 18.3 Å². The van der Waals surface area contributed by atoms with Crippen LogP contribution in [0.3, 0.4) is 0 Å². The molecule has 0 amide bonds. The first-order valence-electron chi connectivity index (χ1n) is 7.44. The molecule has 1 aromatic carbocycles. The average molecular weight is 312 g/mol. The molecule has 0 radical (unpaired) electrons. The fourth-order valence-electron chi connectivity index (χ4n) is 2.64. The molecule has 114 valence electrons. The van der Waals surface area contributed by atoms with Crippen LogP contribution in [0.5, 0.6) is 0 Å². The minimum absolute atomic E-state index is 0.353. The van der Waals surface area contributed by atoms with Gasteiger partial charge in [-0.1, -0.05) is 18.2 Å². The molecular weight excluding hydrogens is 300 g/mol. The summed E-state index contributed by atoms with van der Waals surface area (Å²) < 4.78 is 5.64. The Labute approximate surface area is 138 Å². The van der Waals surface area contributed by atoms with Gasteiger partial charge in [0.15, 0.2) is 11.7 Å². The van der Waals surface area contributed by atoms with Crippen molar-refractivity contribution in [2.24, 2.45) is 0 Å². The lowest BCUT2D eigenvalue weighted by Gasteiger charge is -2.08. The molecule has 5 heteroatoms. The van der Waals surface area contributed by atoms with Crippen LogP contribution < -0.4 is 0 Å². The molecule has 0 saturated carbocycles. The van der Waals surface area contributed by atoms with Crippen molar-refractivity contribution in [1.29, 1.82) is 5.26 Å². The number of nitrogens with zero attached hydrogens (tertiary/aromatic N) is 4. The second kappa shape index (κ2) is 5.60. The number of hydrogen-bond acceptors (Lipinski definition) is 5. The lowest BCUT2D eigenvalue weighted by Crippen LogP contribution is -1.92. The summed E-state index contributed by atoms with van der Waals surface area (Å²) in [6, 6.07) is 15.4. The van der Waals surface area contributed by atoms with Crippen LogP contribution in [0.2, 0.25) is 0 Å². The van der Waals surface area contributed by atoms with E-state index in [1.807, 2.05) is 36.4 Å². The lowest BCUT2D eigenvalue weighted by molar-refractivity contribution is 0.534. The number of nitriles is 1. The molecule has 0 aliphatic heterocycles. The molecule has 4 rings (SSSR count). The van der Waals surface area contributed by atoms with E-state index in [2.05, 4.69) is 21.0 Å². The summed E-state index contributed by atoms with van der Waals surface area (Å²) in [5, 5.41) is 10.2. The Bertz CT molecular complexity index is 1090. The average Bonchev–Trinajstić information content (AvgIpc) is 3.07. The van der Waals surface area contributed by atoms with Crippen LogP contribution in [0.25, 0.3) is 33.5 Å². The molecule has 3 heterocycles.